The first-order valence-corrected chi connectivity index (χ1v) is 4.83. The maximum atomic E-state index is 11.7. The van der Waals surface area contributed by atoms with Crippen molar-refractivity contribution in [1.82, 2.24) is 10.6 Å². The van der Waals surface area contributed by atoms with Crippen molar-refractivity contribution in [3.05, 3.63) is 0 Å². The number of hydrogen-bond donors (Lipinski definition) is 2. The standard InChI is InChI=1S/C9H16N2O/c12-8-9(4-6-10-7-9)3-1-2-5-11-8/h10H,1-7H2,(H,11,12). The molecule has 2 aliphatic rings. The Morgan fingerprint density at radius 1 is 1.17 bits per heavy atom. The van der Waals surface area contributed by atoms with Gasteiger partial charge in [-0.2, -0.15) is 0 Å². The van der Waals surface area contributed by atoms with Crippen LogP contribution in [0.5, 0.6) is 0 Å². The van der Waals surface area contributed by atoms with Crippen molar-refractivity contribution in [1.29, 1.82) is 0 Å². The van der Waals surface area contributed by atoms with E-state index in [0.29, 0.717) is 0 Å². The smallest absolute Gasteiger partial charge is 0.227 e. The van der Waals surface area contributed by atoms with Crippen LogP contribution in [0.4, 0.5) is 0 Å². The van der Waals surface area contributed by atoms with Crippen molar-refractivity contribution in [3.63, 3.8) is 0 Å². The van der Waals surface area contributed by atoms with E-state index in [-0.39, 0.29) is 11.3 Å². The van der Waals surface area contributed by atoms with E-state index < -0.39 is 0 Å². The predicted molar refractivity (Wildman–Crippen MR) is 46.8 cm³/mol. The van der Waals surface area contributed by atoms with Crippen molar-refractivity contribution in [3.8, 4) is 0 Å². The van der Waals surface area contributed by atoms with E-state index in [4.69, 9.17) is 0 Å². The van der Waals surface area contributed by atoms with Gasteiger partial charge in [0, 0.05) is 13.1 Å². The molecule has 12 heavy (non-hydrogen) atoms. The Balaban J connectivity index is 2.13. The molecule has 1 unspecified atom stereocenters. The average Bonchev–Trinajstić information content (AvgIpc) is 2.45. The minimum absolute atomic E-state index is 0.0451. The van der Waals surface area contributed by atoms with E-state index in [1.54, 1.807) is 0 Å². The molecule has 68 valence electrons. The summed E-state index contributed by atoms with van der Waals surface area (Å²) < 4.78 is 0. The van der Waals surface area contributed by atoms with Gasteiger partial charge in [0.2, 0.25) is 5.91 Å². The summed E-state index contributed by atoms with van der Waals surface area (Å²) in [5, 5.41) is 6.28. The fraction of sp³-hybridized carbons (Fsp3) is 0.889. The number of nitrogens with one attached hydrogen (secondary N) is 2. The Morgan fingerprint density at radius 3 is 2.83 bits per heavy atom. The maximum absolute atomic E-state index is 11.7. The van der Waals surface area contributed by atoms with E-state index in [9.17, 15) is 4.79 Å². The summed E-state index contributed by atoms with van der Waals surface area (Å²) in [4.78, 5) is 11.7. The predicted octanol–water partition coefficient (Wildman–Crippen LogP) is 0.266. The minimum Gasteiger partial charge on any atom is -0.356 e. The number of rotatable bonds is 0. The highest BCUT2D eigenvalue weighted by atomic mass is 16.2. The summed E-state index contributed by atoms with van der Waals surface area (Å²) >= 11 is 0. The van der Waals surface area contributed by atoms with Crippen LogP contribution in [0.3, 0.4) is 0 Å². The molecule has 3 heteroatoms. The van der Waals surface area contributed by atoms with Crippen LogP contribution in [0.15, 0.2) is 0 Å². The Kier molecular flexibility index (Phi) is 2.05. The molecule has 0 bridgehead atoms. The van der Waals surface area contributed by atoms with Crippen LogP contribution < -0.4 is 10.6 Å². The van der Waals surface area contributed by atoms with Crippen molar-refractivity contribution >= 4 is 5.91 Å². The fourth-order valence-electron chi connectivity index (χ4n) is 2.24. The summed E-state index contributed by atoms with van der Waals surface area (Å²) in [6.45, 7) is 2.77. The Bertz CT molecular complexity index is 185. The van der Waals surface area contributed by atoms with Crippen molar-refractivity contribution in [2.24, 2.45) is 5.41 Å². The first kappa shape index (κ1) is 8.05. The molecule has 3 nitrogen and oxygen atoms in total. The monoisotopic (exact) mass is 168 g/mol. The van der Waals surface area contributed by atoms with Crippen LogP contribution in [0, 0.1) is 5.41 Å². The van der Waals surface area contributed by atoms with Crippen molar-refractivity contribution < 1.29 is 4.79 Å². The highest BCUT2D eigenvalue weighted by Gasteiger charge is 2.41. The molecule has 0 aliphatic carbocycles. The van der Waals surface area contributed by atoms with Gasteiger partial charge in [-0.05, 0) is 25.8 Å². The minimum atomic E-state index is -0.0451. The largest absolute Gasteiger partial charge is 0.356 e. The number of amides is 1. The lowest BCUT2D eigenvalue weighted by Crippen LogP contribution is -2.40. The van der Waals surface area contributed by atoms with Gasteiger partial charge in [0.1, 0.15) is 0 Å². The van der Waals surface area contributed by atoms with Crippen LogP contribution in [-0.4, -0.2) is 25.5 Å². The Morgan fingerprint density at radius 2 is 2.08 bits per heavy atom. The Hall–Kier alpha value is -0.570. The zero-order valence-corrected chi connectivity index (χ0v) is 7.36. The second-order valence-electron chi connectivity index (χ2n) is 3.92. The van der Waals surface area contributed by atoms with Gasteiger partial charge in [0.15, 0.2) is 0 Å². The number of carbonyl (C=O) groups excluding carboxylic acids is 1. The van der Waals surface area contributed by atoms with Crippen LogP contribution in [0.1, 0.15) is 25.7 Å². The third-order valence-electron chi connectivity index (χ3n) is 3.09. The molecule has 1 spiro atoms. The van der Waals surface area contributed by atoms with E-state index in [2.05, 4.69) is 10.6 Å². The van der Waals surface area contributed by atoms with Crippen molar-refractivity contribution in [2.45, 2.75) is 25.7 Å². The highest BCUT2D eigenvalue weighted by molar-refractivity contribution is 5.83. The summed E-state index contributed by atoms with van der Waals surface area (Å²) in [5.74, 6) is 0.282. The molecular weight excluding hydrogens is 152 g/mol. The molecular formula is C9H16N2O. The Labute approximate surface area is 72.9 Å². The molecule has 2 rings (SSSR count). The van der Waals surface area contributed by atoms with Crippen LogP contribution in [0.2, 0.25) is 0 Å². The highest BCUT2D eigenvalue weighted by Crippen LogP contribution is 2.33. The number of carbonyl (C=O) groups is 1. The normalized spacial score (nSPS) is 36.5. The molecule has 0 saturated carbocycles. The fourth-order valence-corrected chi connectivity index (χ4v) is 2.24. The molecule has 2 N–H and O–H groups in total. The third kappa shape index (κ3) is 1.22. The summed E-state index contributed by atoms with van der Waals surface area (Å²) in [5.41, 5.74) is -0.0451. The first-order chi connectivity index (χ1) is 5.83. The van der Waals surface area contributed by atoms with Crippen LogP contribution >= 0.6 is 0 Å². The summed E-state index contributed by atoms with van der Waals surface area (Å²) in [6.07, 6.45) is 4.44. The molecule has 1 atom stereocenters. The molecule has 2 aliphatic heterocycles. The SMILES string of the molecule is O=C1NCCCCC12CCNC2. The third-order valence-corrected chi connectivity index (χ3v) is 3.09. The zero-order chi connectivity index (χ0) is 8.44. The van der Waals surface area contributed by atoms with E-state index in [1.807, 2.05) is 0 Å². The molecule has 2 heterocycles. The van der Waals surface area contributed by atoms with Gasteiger partial charge in [0.25, 0.3) is 0 Å². The molecule has 0 aromatic rings. The first-order valence-electron chi connectivity index (χ1n) is 4.83. The molecule has 0 aromatic carbocycles. The van der Waals surface area contributed by atoms with Gasteiger partial charge in [-0.1, -0.05) is 6.42 Å². The second kappa shape index (κ2) is 3.05. The van der Waals surface area contributed by atoms with E-state index in [0.717, 1.165) is 38.9 Å². The number of hydrogen-bond acceptors (Lipinski definition) is 2. The van der Waals surface area contributed by atoms with Crippen LogP contribution in [0.25, 0.3) is 0 Å². The summed E-state index contributed by atoms with van der Waals surface area (Å²) in [7, 11) is 0. The van der Waals surface area contributed by atoms with Gasteiger partial charge in [-0.25, -0.2) is 0 Å². The van der Waals surface area contributed by atoms with Crippen molar-refractivity contribution in [2.75, 3.05) is 19.6 Å². The topological polar surface area (TPSA) is 41.1 Å². The van der Waals surface area contributed by atoms with Gasteiger partial charge in [-0.3, -0.25) is 4.79 Å². The molecule has 1 amide bonds. The quantitative estimate of drug-likeness (QED) is 0.545. The zero-order valence-electron chi connectivity index (χ0n) is 7.36. The maximum Gasteiger partial charge on any atom is 0.227 e. The molecule has 0 aromatic heterocycles. The lowest BCUT2D eigenvalue weighted by Gasteiger charge is -2.23. The second-order valence-corrected chi connectivity index (χ2v) is 3.92. The van der Waals surface area contributed by atoms with Crippen LogP contribution in [-0.2, 0) is 4.79 Å². The van der Waals surface area contributed by atoms with E-state index >= 15 is 0 Å². The summed E-state index contributed by atoms with van der Waals surface area (Å²) in [6, 6.07) is 0. The van der Waals surface area contributed by atoms with E-state index in [1.165, 1.54) is 6.42 Å². The van der Waals surface area contributed by atoms with Gasteiger partial charge in [0.05, 0.1) is 5.41 Å². The van der Waals surface area contributed by atoms with Gasteiger partial charge in [-0.15, -0.1) is 0 Å². The lowest BCUT2D eigenvalue weighted by molar-refractivity contribution is -0.129. The molecule has 2 saturated heterocycles. The molecule has 2 fully saturated rings. The van der Waals surface area contributed by atoms with Gasteiger partial charge < -0.3 is 10.6 Å². The average molecular weight is 168 g/mol. The molecule has 0 radical (unpaired) electrons. The lowest BCUT2D eigenvalue weighted by atomic mass is 9.82. The van der Waals surface area contributed by atoms with Gasteiger partial charge >= 0.3 is 0 Å².